The fraction of sp³-hybridized carbons (Fsp3) is 0.308. The van der Waals surface area contributed by atoms with Crippen molar-refractivity contribution in [1.82, 2.24) is 15.6 Å². The van der Waals surface area contributed by atoms with Gasteiger partial charge in [-0.15, -0.1) is 0 Å². The maximum absolute atomic E-state index is 12.2. The van der Waals surface area contributed by atoms with Crippen molar-refractivity contribution in [3.63, 3.8) is 0 Å². The average Bonchev–Trinajstić information content (AvgIpc) is 2.49. The summed E-state index contributed by atoms with van der Waals surface area (Å²) in [6.45, 7) is 0.205. The highest BCUT2D eigenvalue weighted by molar-refractivity contribution is 6.02. The van der Waals surface area contributed by atoms with Gasteiger partial charge in [0.25, 0.3) is 17.8 Å². The van der Waals surface area contributed by atoms with E-state index in [2.05, 4.69) is 5.32 Å². The van der Waals surface area contributed by atoms with Crippen molar-refractivity contribution >= 4 is 17.8 Å². The topological polar surface area (TPSA) is 128 Å². The van der Waals surface area contributed by atoms with Gasteiger partial charge in [0.2, 0.25) is 0 Å². The Morgan fingerprint density at radius 2 is 2.05 bits per heavy atom. The predicted molar refractivity (Wildman–Crippen MR) is 76.5 cm³/mol. The number of nitro groups is 1. The summed E-state index contributed by atoms with van der Waals surface area (Å²) in [6.07, 6.45) is 0.965. The molecular weight excluding hydrogens is 290 g/mol. The molecule has 1 heterocycles. The van der Waals surface area contributed by atoms with Crippen LogP contribution in [0.25, 0.3) is 0 Å². The molecule has 1 fully saturated rings. The molecule has 9 heteroatoms. The van der Waals surface area contributed by atoms with Gasteiger partial charge in [-0.1, -0.05) is 23.6 Å². The van der Waals surface area contributed by atoms with Crippen LogP contribution in [0.1, 0.15) is 23.2 Å². The maximum Gasteiger partial charge on any atom is 0.260 e. The molecule has 2 rings (SSSR count). The molecule has 3 N–H and O–H groups in total. The third-order valence-corrected chi connectivity index (χ3v) is 3.25. The molecular formula is C13H15N5O4. The van der Waals surface area contributed by atoms with E-state index >= 15 is 0 Å². The Bertz CT molecular complexity index is 604. The number of carbonyl (C=O) groups is 2. The Labute approximate surface area is 125 Å². The molecule has 1 aromatic carbocycles. The van der Waals surface area contributed by atoms with Crippen LogP contribution in [0, 0.1) is 15.5 Å². The van der Waals surface area contributed by atoms with Gasteiger partial charge in [-0.2, -0.15) is 0 Å². The monoisotopic (exact) mass is 305 g/mol. The molecule has 0 saturated carbocycles. The number of amides is 2. The van der Waals surface area contributed by atoms with Gasteiger partial charge in [-0.25, -0.2) is 10.1 Å². The van der Waals surface area contributed by atoms with E-state index in [1.165, 1.54) is 0 Å². The smallest absolute Gasteiger partial charge is 0.260 e. The first-order valence-corrected chi connectivity index (χ1v) is 6.66. The van der Waals surface area contributed by atoms with E-state index in [0.717, 1.165) is 4.90 Å². The lowest BCUT2D eigenvalue weighted by molar-refractivity contribution is -0.526. The minimum Gasteiger partial charge on any atom is -0.340 e. The highest BCUT2D eigenvalue weighted by Gasteiger charge is 2.33. The lowest BCUT2D eigenvalue weighted by Gasteiger charge is -2.31. The van der Waals surface area contributed by atoms with Crippen LogP contribution in [0.5, 0.6) is 0 Å². The average molecular weight is 305 g/mol. The molecule has 2 amide bonds. The molecule has 22 heavy (non-hydrogen) atoms. The molecule has 1 saturated heterocycles. The zero-order valence-corrected chi connectivity index (χ0v) is 11.6. The van der Waals surface area contributed by atoms with Gasteiger partial charge in [0.15, 0.2) is 5.03 Å². The molecule has 1 aliphatic heterocycles. The van der Waals surface area contributed by atoms with Crippen molar-refractivity contribution in [2.45, 2.75) is 18.9 Å². The summed E-state index contributed by atoms with van der Waals surface area (Å²) < 4.78 is 0. The first-order chi connectivity index (χ1) is 10.5. The SMILES string of the molecule is N=C(N[N+](=O)[O-])N1CCCC(NC(=O)c2ccccc2)C1=O. The van der Waals surface area contributed by atoms with Crippen molar-refractivity contribution in [3.8, 4) is 0 Å². The summed E-state index contributed by atoms with van der Waals surface area (Å²) in [6, 6.07) is 7.64. The van der Waals surface area contributed by atoms with Gasteiger partial charge in [0.05, 0.1) is 0 Å². The Morgan fingerprint density at radius 3 is 2.68 bits per heavy atom. The van der Waals surface area contributed by atoms with Gasteiger partial charge >= 0.3 is 0 Å². The van der Waals surface area contributed by atoms with Gasteiger partial charge in [-0.05, 0) is 25.0 Å². The van der Waals surface area contributed by atoms with E-state index in [1.54, 1.807) is 35.8 Å². The van der Waals surface area contributed by atoms with Gasteiger partial charge in [0.1, 0.15) is 6.04 Å². The molecule has 116 valence electrons. The number of nitrogens with one attached hydrogen (secondary N) is 3. The third-order valence-electron chi connectivity index (χ3n) is 3.25. The van der Waals surface area contributed by atoms with Gasteiger partial charge in [-0.3, -0.25) is 19.9 Å². The molecule has 1 atom stereocenters. The molecule has 0 aromatic heterocycles. The molecule has 1 unspecified atom stereocenters. The van der Waals surface area contributed by atoms with Crippen molar-refractivity contribution in [3.05, 3.63) is 46.0 Å². The first-order valence-electron chi connectivity index (χ1n) is 6.66. The zero-order chi connectivity index (χ0) is 16.1. The molecule has 0 bridgehead atoms. The quantitative estimate of drug-likeness (QED) is 0.316. The number of guanidine groups is 1. The summed E-state index contributed by atoms with van der Waals surface area (Å²) in [5.74, 6) is -1.53. The van der Waals surface area contributed by atoms with Gasteiger partial charge in [0, 0.05) is 12.1 Å². The minimum atomic E-state index is -0.901. The molecule has 0 radical (unpaired) electrons. The van der Waals surface area contributed by atoms with Crippen LogP contribution in [-0.4, -0.2) is 40.3 Å². The van der Waals surface area contributed by atoms with E-state index < -0.39 is 28.8 Å². The number of benzene rings is 1. The lowest BCUT2D eigenvalue weighted by atomic mass is 10.0. The maximum atomic E-state index is 12.2. The van der Waals surface area contributed by atoms with Crippen LogP contribution in [0.3, 0.4) is 0 Å². The van der Waals surface area contributed by atoms with Crippen molar-refractivity contribution in [2.75, 3.05) is 6.54 Å². The van der Waals surface area contributed by atoms with E-state index in [1.807, 2.05) is 0 Å². The second-order valence-corrected chi connectivity index (χ2v) is 4.74. The predicted octanol–water partition coefficient (Wildman–Crippen LogP) is 0.123. The van der Waals surface area contributed by atoms with Crippen LogP contribution >= 0.6 is 0 Å². The van der Waals surface area contributed by atoms with Crippen molar-refractivity contribution in [1.29, 1.82) is 5.41 Å². The number of likely N-dealkylation sites (tertiary alicyclic amines) is 1. The fourth-order valence-electron chi connectivity index (χ4n) is 2.21. The summed E-state index contributed by atoms with van der Waals surface area (Å²) in [4.78, 5) is 35.6. The van der Waals surface area contributed by atoms with Crippen molar-refractivity contribution in [2.24, 2.45) is 0 Å². The normalized spacial score (nSPS) is 17.7. The Hall–Kier alpha value is -2.97. The van der Waals surface area contributed by atoms with Gasteiger partial charge < -0.3 is 5.32 Å². The van der Waals surface area contributed by atoms with E-state index in [4.69, 9.17) is 5.41 Å². The third kappa shape index (κ3) is 3.57. The number of carbonyl (C=O) groups excluding carboxylic acids is 2. The Morgan fingerprint density at radius 1 is 1.36 bits per heavy atom. The molecule has 9 nitrogen and oxygen atoms in total. The van der Waals surface area contributed by atoms with Crippen LogP contribution in [0.4, 0.5) is 0 Å². The second-order valence-electron chi connectivity index (χ2n) is 4.74. The zero-order valence-electron chi connectivity index (χ0n) is 11.6. The summed E-state index contributed by atoms with van der Waals surface area (Å²) in [5, 5.41) is 19.6. The standard InChI is InChI=1S/C13H15N5O4/c14-13(16-18(21)22)17-8-4-7-10(12(17)20)15-11(19)9-5-2-1-3-6-9/h1-3,5-6,10H,4,7-8H2,(H2,14,16)(H,15,19). The van der Waals surface area contributed by atoms with E-state index in [0.29, 0.717) is 18.4 Å². The van der Waals surface area contributed by atoms with Crippen molar-refractivity contribution < 1.29 is 14.6 Å². The van der Waals surface area contributed by atoms with Crippen LogP contribution in [0.15, 0.2) is 30.3 Å². The van der Waals surface area contributed by atoms with Crippen LogP contribution < -0.4 is 10.7 Å². The Kier molecular flexibility index (Phi) is 4.66. The van der Waals surface area contributed by atoms with E-state index in [-0.39, 0.29) is 6.54 Å². The summed E-state index contributed by atoms with van der Waals surface area (Å²) >= 11 is 0. The highest BCUT2D eigenvalue weighted by atomic mass is 16.7. The summed E-state index contributed by atoms with van der Waals surface area (Å²) in [7, 11) is 0. The van der Waals surface area contributed by atoms with E-state index in [9.17, 15) is 19.7 Å². The lowest BCUT2D eigenvalue weighted by Crippen LogP contribution is -2.57. The molecule has 1 aromatic rings. The first kappa shape index (κ1) is 15.4. The number of piperidine rings is 1. The summed E-state index contributed by atoms with van der Waals surface area (Å²) in [5.41, 5.74) is 2.07. The number of hydrazine groups is 1. The molecule has 1 aliphatic rings. The molecule has 0 spiro atoms. The number of hydrogen-bond acceptors (Lipinski definition) is 5. The second kappa shape index (κ2) is 6.66. The highest BCUT2D eigenvalue weighted by Crippen LogP contribution is 2.12. The number of nitrogens with zero attached hydrogens (tertiary/aromatic N) is 2. The largest absolute Gasteiger partial charge is 0.340 e. The number of rotatable bonds is 3. The van der Waals surface area contributed by atoms with Crippen LogP contribution in [0.2, 0.25) is 0 Å². The number of hydrogen-bond donors (Lipinski definition) is 3. The minimum absolute atomic E-state index is 0.205. The fourth-order valence-corrected chi connectivity index (χ4v) is 2.21. The molecule has 0 aliphatic carbocycles. The van der Waals surface area contributed by atoms with Crippen LogP contribution in [-0.2, 0) is 4.79 Å². The Balaban J connectivity index is 2.02.